The van der Waals surface area contributed by atoms with Crippen LogP contribution in [0, 0.1) is 0 Å². The molecule has 0 bridgehead atoms. The Morgan fingerprint density at radius 3 is 2.19 bits per heavy atom. The number of rotatable bonds is 5. The highest BCUT2D eigenvalue weighted by atomic mass is 35.5. The topological polar surface area (TPSA) is 91.3 Å². The minimum atomic E-state index is -3.93. The average Bonchev–Trinajstić information content (AvgIpc) is 2.74. The monoisotopic (exact) mass is 498 g/mol. The summed E-state index contributed by atoms with van der Waals surface area (Å²) in [5, 5.41) is 0.708. The Kier molecular flexibility index (Phi) is 6.38. The Bertz CT molecular complexity index is 1190. The summed E-state index contributed by atoms with van der Waals surface area (Å²) in [5.41, 5.74) is 0.232. The lowest BCUT2D eigenvalue weighted by Gasteiger charge is -2.35. The van der Waals surface area contributed by atoms with Crippen molar-refractivity contribution in [1.29, 1.82) is 0 Å². The summed E-state index contributed by atoms with van der Waals surface area (Å²) >= 11 is 18.3. The summed E-state index contributed by atoms with van der Waals surface area (Å²) < 4.78 is 27.8. The highest BCUT2D eigenvalue weighted by molar-refractivity contribution is 7.92. The molecule has 0 spiro atoms. The van der Waals surface area contributed by atoms with Gasteiger partial charge in [-0.25, -0.2) is 23.4 Å². The van der Waals surface area contributed by atoms with E-state index in [1.165, 1.54) is 30.5 Å². The van der Waals surface area contributed by atoms with Crippen LogP contribution in [0.5, 0.6) is 0 Å². The van der Waals surface area contributed by atoms with Gasteiger partial charge in [-0.05, 0) is 30.3 Å². The Balaban J connectivity index is 1.46. The maximum absolute atomic E-state index is 12.7. The molecule has 1 aliphatic heterocycles. The largest absolute Gasteiger partial charge is 0.352 e. The number of nitrogens with zero attached hydrogens (tertiary/aromatic N) is 5. The first-order valence-corrected chi connectivity index (χ1v) is 11.9. The highest BCUT2D eigenvalue weighted by Gasteiger charge is 2.23. The van der Waals surface area contributed by atoms with Gasteiger partial charge in [0.25, 0.3) is 10.0 Å². The van der Waals surface area contributed by atoms with E-state index in [1.54, 1.807) is 18.5 Å². The molecular formula is C19H17Cl3N6O2S. The maximum atomic E-state index is 12.7. The van der Waals surface area contributed by atoms with Gasteiger partial charge in [-0.2, -0.15) is 0 Å². The van der Waals surface area contributed by atoms with Crippen LogP contribution < -0.4 is 14.5 Å². The van der Waals surface area contributed by atoms with Crippen molar-refractivity contribution in [3.05, 3.63) is 64.0 Å². The van der Waals surface area contributed by atoms with Crippen molar-refractivity contribution < 1.29 is 8.42 Å². The summed E-state index contributed by atoms with van der Waals surface area (Å²) in [5.74, 6) is 1.27. The van der Waals surface area contributed by atoms with Crippen LogP contribution in [0.3, 0.4) is 0 Å². The van der Waals surface area contributed by atoms with Crippen LogP contribution in [0.25, 0.3) is 0 Å². The summed E-state index contributed by atoms with van der Waals surface area (Å²) in [4.78, 5) is 17.0. The van der Waals surface area contributed by atoms with E-state index in [-0.39, 0.29) is 15.6 Å². The van der Waals surface area contributed by atoms with Crippen molar-refractivity contribution in [3.8, 4) is 0 Å². The molecule has 3 aromatic rings. The molecule has 4 rings (SSSR count). The van der Waals surface area contributed by atoms with Crippen LogP contribution in [0.1, 0.15) is 0 Å². The van der Waals surface area contributed by atoms with E-state index in [9.17, 15) is 8.42 Å². The summed E-state index contributed by atoms with van der Waals surface area (Å²) in [6, 6.07) is 7.47. The molecule has 0 unspecified atom stereocenters. The number of sulfonamides is 1. The molecule has 1 aliphatic rings. The van der Waals surface area contributed by atoms with E-state index in [0.29, 0.717) is 48.0 Å². The number of anilines is 3. The van der Waals surface area contributed by atoms with Crippen LogP contribution >= 0.6 is 34.8 Å². The van der Waals surface area contributed by atoms with Crippen molar-refractivity contribution >= 4 is 62.3 Å². The van der Waals surface area contributed by atoms with Crippen LogP contribution in [-0.4, -0.2) is 49.5 Å². The molecule has 1 saturated heterocycles. The SMILES string of the molecule is O=S(=O)(Nc1cnc(N2CCN(c3ncccn3)CC2)c(Cl)c1)c1ccc(Cl)cc1Cl. The van der Waals surface area contributed by atoms with Gasteiger partial charge in [0.05, 0.1) is 21.9 Å². The summed E-state index contributed by atoms with van der Waals surface area (Å²) in [6.45, 7) is 2.78. The van der Waals surface area contributed by atoms with E-state index >= 15 is 0 Å². The van der Waals surface area contributed by atoms with Gasteiger partial charge in [0.2, 0.25) is 5.95 Å². The van der Waals surface area contributed by atoms with Crippen molar-refractivity contribution in [2.45, 2.75) is 4.90 Å². The fourth-order valence-electron chi connectivity index (χ4n) is 3.20. The summed E-state index contributed by atoms with van der Waals surface area (Å²) in [6.07, 6.45) is 4.85. The zero-order valence-electron chi connectivity index (χ0n) is 16.0. The second-order valence-electron chi connectivity index (χ2n) is 6.73. The lowest BCUT2D eigenvalue weighted by Crippen LogP contribution is -2.47. The Labute approximate surface area is 194 Å². The normalized spacial score (nSPS) is 14.5. The number of benzene rings is 1. The van der Waals surface area contributed by atoms with E-state index in [4.69, 9.17) is 34.8 Å². The Morgan fingerprint density at radius 2 is 1.55 bits per heavy atom. The number of hydrogen-bond acceptors (Lipinski definition) is 7. The molecule has 12 heteroatoms. The maximum Gasteiger partial charge on any atom is 0.263 e. The molecule has 1 N–H and O–H groups in total. The van der Waals surface area contributed by atoms with Gasteiger partial charge >= 0.3 is 0 Å². The van der Waals surface area contributed by atoms with Gasteiger partial charge < -0.3 is 9.80 Å². The molecule has 162 valence electrons. The van der Waals surface area contributed by atoms with Crippen molar-refractivity contribution in [2.24, 2.45) is 0 Å². The first-order valence-electron chi connectivity index (χ1n) is 9.24. The number of pyridine rings is 1. The Morgan fingerprint density at radius 1 is 0.871 bits per heavy atom. The quantitative estimate of drug-likeness (QED) is 0.568. The molecule has 0 atom stereocenters. The smallest absolute Gasteiger partial charge is 0.263 e. The summed E-state index contributed by atoms with van der Waals surface area (Å²) in [7, 11) is -3.93. The molecule has 1 fully saturated rings. The van der Waals surface area contributed by atoms with E-state index in [2.05, 4.69) is 24.6 Å². The van der Waals surface area contributed by atoms with Gasteiger partial charge in [0, 0.05) is 43.6 Å². The van der Waals surface area contributed by atoms with Crippen molar-refractivity contribution in [2.75, 3.05) is 40.7 Å². The second kappa shape index (κ2) is 9.04. The molecule has 0 saturated carbocycles. The third-order valence-corrected chi connectivity index (χ3v) is 7.05. The molecule has 31 heavy (non-hydrogen) atoms. The molecule has 8 nitrogen and oxygen atoms in total. The fourth-order valence-corrected chi connectivity index (χ4v) is 5.29. The van der Waals surface area contributed by atoms with Crippen LogP contribution in [-0.2, 0) is 10.0 Å². The number of hydrogen-bond donors (Lipinski definition) is 1. The van der Waals surface area contributed by atoms with Gasteiger partial charge in [0.1, 0.15) is 10.7 Å². The first-order chi connectivity index (χ1) is 14.8. The predicted molar refractivity (Wildman–Crippen MR) is 123 cm³/mol. The van der Waals surface area contributed by atoms with Crippen molar-refractivity contribution in [3.63, 3.8) is 0 Å². The minimum Gasteiger partial charge on any atom is -0.352 e. The molecule has 0 radical (unpaired) electrons. The number of piperazine rings is 1. The van der Waals surface area contributed by atoms with Crippen LogP contribution in [0.4, 0.5) is 17.5 Å². The van der Waals surface area contributed by atoms with Gasteiger partial charge in [0.15, 0.2) is 0 Å². The lowest BCUT2D eigenvalue weighted by molar-refractivity contribution is 0.601. The number of halogens is 3. The van der Waals surface area contributed by atoms with Gasteiger partial charge in [-0.15, -0.1) is 0 Å². The fraction of sp³-hybridized carbons (Fsp3) is 0.211. The zero-order valence-corrected chi connectivity index (χ0v) is 19.1. The van der Waals surface area contributed by atoms with Crippen LogP contribution in [0.15, 0.2) is 53.8 Å². The molecular weight excluding hydrogens is 483 g/mol. The molecule has 3 heterocycles. The van der Waals surface area contributed by atoms with E-state index in [0.717, 1.165) is 0 Å². The molecule has 0 amide bonds. The number of nitrogens with one attached hydrogen (secondary N) is 1. The third-order valence-electron chi connectivity index (χ3n) is 4.67. The Hall–Kier alpha value is -2.33. The molecule has 0 aliphatic carbocycles. The van der Waals surface area contributed by atoms with E-state index < -0.39 is 10.0 Å². The van der Waals surface area contributed by atoms with Gasteiger partial charge in [-0.3, -0.25) is 4.72 Å². The zero-order chi connectivity index (χ0) is 22.0. The highest BCUT2D eigenvalue weighted by Crippen LogP contribution is 2.30. The predicted octanol–water partition coefficient (Wildman–Crippen LogP) is 3.96. The standard InChI is InChI=1S/C19H17Cl3N6O2S/c20-13-2-3-17(15(21)10-13)31(29,30)26-14-11-16(22)18(25-12-14)27-6-8-28(9-7-27)19-23-4-1-5-24-19/h1-5,10-12,26H,6-9H2. The van der Waals surface area contributed by atoms with Crippen LogP contribution in [0.2, 0.25) is 15.1 Å². The average molecular weight is 500 g/mol. The lowest BCUT2D eigenvalue weighted by atomic mass is 10.3. The van der Waals surface area contributed by atoms with Gasteiger partial charge in [-0.1, -0.05) is 34.8 Å². The number of aromatic nitrogens is 3. The van der Waals surface area contributed by atoms with E-state index in [1.807, 2.05) is 4.90 Å². The molecule has 2 aromatic heterocycles. The molecule has 1 aromatic carbocycles. The minimum absolute atomic E-state index is 0.0240. The van der Waals surface area contributed by atoms with Crippen molar-refractivity contribution in [1.82, 2.24) is 15.0 Å². The second-order valence-corrected chi connectivity index (χ2v) is 9.63. The third kappa shape index (κ3) is 4.95. The first kappa shape index (κ1) is 21.9.